The maximum atomic E-state index is 10.0. The Balaban J connectivity index is 2.01. The van der Waals surface area contributed by atoms with Gasteiger partial charge in [0.05, 0.1) is 0 Å². The van der Waals surface area contributed by atoms with Gasteiger partial charge in [-0.15, -0.1) is 0 Å². The van der Waals surface area contributed by atoms with Gasteiger partial charge in [-0.25, -0.2) is 0 Å². The van der Waals surface area contributed by atoms with Crippen LogP contribution in [-0.4, -0.2) is 5.11 Å². The summed E-state index contributed by atoms with van der Waals surface area (Å²) in [5, 5.41) is 10.0. The molecule has 3 aromatic rings. The van der Waals surface area contributed by atoms with Gasteiger partial charge < -0.3 is 5.11 Å². The Morgan fingerprint density at radius 1 is 0.571 bits per heavy atom. The van der Waals surface area contributed by atoms with Gasteiger partial charge in [0.25, 0.3) is 0 Å². The molecule has 1 nitrogen and oxygen atoms in total. The van der Waals surface area contributed by atoms with Crippen molar-refractivity contribution in [2.45, 2.75) is 0 Å². The standard InChI is InChI=1S/C20H16O/c21-20-13-7-6-12-19(20)18-11-5-4-10-17(18)15-14-16-8-2-1-3-9-16/h1-15,21H/b15-14+. The molecule has 0 spiro atoms. The summed E-state index contributed by atoms with van der Waals surface area (Å²) in [5.74, 6) is 0.304. The normalized spacial score (nSPS) is 10.9. The molecule has 1 heteroatoms. The van der Waals surface area contributed by atoms with Gasteiger partial charge in [0.15, 0.2) is 0 Å². The van der Waals surface area contributed by atoms with E-state index in [0.717, 1.165) is 22.3 Å². The third kappa shape index (κ3) is 3.03. The lowest BCUT2D eigenvalue weighted by Gasteiger charge is -2.08. The lowest BCUT2D eigenvalue weighted by Crippen LogP contribution is -1.83. The van der Waals surface area contributed by atoms with Gasteiger partial charge in [-0.05, 0) is 22.8 Å². The van der Waals surface area contributed by atoms with Gasteiger partial charge >= 0.3 is 0 Å². The molecule has 0 atom stereocenters. The van der Waals surface area contributed by atoms with Crippen LogP contribution in [0.4, 0.5) is 0 Å². The van der Waals surface area contributed by atoms with Crippen LogP contribution < -0.4 is 0 Å². The molecule has 0 aliphatic heterocycles. The summed E-state index contributed by atoms with van der Waals surface area (Å²) in [4.78, 5) is 0. The van der Waals surface area contributed by atoms with Gasteiger partial charge in [-0.1, -0.05) is 84.9 Å². The molecular weight excluding hydrogens is 256 g/mol. The highest BCUT2D eigenvalue weighted by molar-refractivity contribution is 5.83. The zero-order valence-electron chi connectivity index (χ0n) is 11.6. The molecule has 3 aromatic carbocycles. The van der Waals surface area contributed by atoms with Crippen molar-refractivity contribution in [3.63, 3.8) is 0 Å². The average molecular weight is 272 g/mol. The van der Waals surface area contributed by atoms with Crippen molar-refractivity contribution in [2.75, 3.05) is 0 Å². The van der Waals surface area contributed by atoms with E-state index < -0.39 is 0 Å². The van der Waals surface area contributed by atoms with E-state index in [4.69, 9.17) is 0 Å². The second-order valence-corrected chi connectivity index (χ2v) is 4.85. The minimum absolute atomic E-state index is 0.304. The molecule has 0 saturated carbocycles. The molecule has 0 heterocycles. The summed E-state index contributed by atoms with van der Waals surface area (Å²) in [6, 6.07) is 25.7. The Labute approximate surface area is 124 Å². The Morgan fingerprint density at radius 3 is 1.95 bits per heavy atom. The molecule has 0 bridgehead atoms. The van der Waals surface area contributed by atoms with Gasteiger partial charge in [-0.3, -0.25) is 0 Å². The molecule has 0 fully saturated rings. The fourth-order valence-electron chi connectivity index (χ4n) is 2.34. The van der Waals surface area contributed by atoms with E-state index in [0.29, 0.717) is 5.75 Å². The molecule has 3 rings (SSSR count). The van der Waals surface area contributed by atoms with Crippen molar-refractivity contribution < 1.29 is 5.11 Å². The third-order valence-corrected chi connectivity index (χ3v) is 3.41. The zero-order valence-corrected chi connectivity index (χ0v) is 11.6. The maximum absolute atomic E-state index is 10.0. The predicted molar refractivity (Wildman–Crippen MR) is 88.9 cm³/mol. The molecule has 1 N–H and O–H groups in total. The minimum Gasteiger partial charge on any atom is -0.507 e. The van der Waals surface area contributed by atoms with Crippen LogP contribution in [0.2, 0.25) is 0 Å². The fourth-order valence-corrected chi connectivity index (χ4v) is 2.34. The minimum atomic E-state index is 0.304. The Kier molecular flexibility index (Phi) is 3.83. The van der Waals surface area contributed by atoms with Crippen LogP contribution in [0.5, 0.6) is 5.75 Å². The quantitative estimate of drug-likeness (QED) is 0.647. The van der Waals surface area contributed by atoms with E-state index in [9.17, 15) is 5.11 Å². The van der Waals surface area contributed by atoms with Crippen molar-refractivity contribution in [3.8, 4) is 16.9 Å². The topological polar surface area (TPSA) is 20.2 Å². The van der Waals surface area contributed by atoms with Crippen LogP contribution in [0.15, 0.2) is 78.9 Å². The molecule has 102 valence electrons. The maximum Gasteiger partial charge on any atom is 0.123 e. The summed E-state index contributed by atoms with van der Waals surface area (Å²) in [6.07, 6.45) is 4.16. The number of aromatic hydroxyl groups is 1. The molecule has 0 amide bonds. The summed E-state index contributed by atoms with van der Waals surface area (Å²) >= 11 is 0. The first kappa shape index (κ1) is 13.2. The Hall–Kier alpha value is -2.80. The average Bonchev–Trinajstić information content (AvgIpc) is 2.55. The van der Waals surface area contributed by atoms with E-state index >= 15 is 0 Å². The van der Waals surface area contributed by atoms with Crippen molar-refractivity contribution in [2.24, 2.45) is 0 Å². The Bertz CT molecular complexity index is 758. The van der Waals surface area contributed by atoms with E-state index in [2.05, 4.69) is 30.4 Å². The summed E-state index contributed by atoms with van der Waals surface area (Å²) < 4.78 is 0. The van der Waals surface area contributed by atoms with E-state index in [1.807, 2.05) is 54.6 Å². The molecule has 0 aromatic heterocycles. The van der Waals surface area contributed by atoms with E-state index in [1.165, 1.54) is 0 Å². The third-order valence-electron chi connectivity index (χ3n) is 3.41. The highest BCUT2D eigenvalue weighted by Crippen LogP contribution is 2.32. The van der Waals surface area contributed by atoms with E-state index in [-0.39, 0.29) is 0 Å². The lowest BCUT2D eigenvalue weighted by molar-refractivity contribution is 0.477. The first-order chi connectivity index (χ1) is 10.3. The van der Waals surface area contributed by atoms with Crippen molar-refractivity contribution >= 4 is 12.2 Å². The Morgan fingerprint density at radius 2 is 1.19 bits per heavy atom. The summed E-state index contributed by atoms with van der Waals surface area (Å²) in [6.45, 7) is 0. The van der Waals surface area contributed by atoms with Crippen molar-refractivity contribution in [3.05, 3.63) is 90.0 Å². The molecule has 21 heavy (non-hydrogen) atoms. The van der Waals surface area contributed by atoms with Gasteiger partial charge in [0.2, 0.25) is 0 Å². The van der Waals surface area contributed by atoms with Crippen LogP contribution in [0.25, 0.3) is 23.3 Å². The second kappa shape index (κ2) is 6.10. The predicted octanol–water partition coefficient (Wildman–Crippen LogP) is 5.23. The van der Waals surface area contributed by atoms with Crippen LogP contribution in [0.1, 0.15) is 11.1 Å². The van der Waals surface area contributed by atoms with Crippen molar-refractivity contribution in [1.29, 1.82) is 0 Å². The van der Waals surface area contributed by atoms with Crippen LogP contribution >= 0.6 is 0 Å². The summed E-state index contributed by atoms with van der Waals surface area (Å²) in [7, 11) is 0. The first-order valence-corrected chi connectivity index (χ1v) is 6.95. The van der Waals surface area contributed by atoms with Crippen LogP contribution in [-0.2, 0) is 0 Å². The SMILES string of the molecule is Oc1ccccc1-c1ccccc1/C=C/c1ccccc1. The van der Waals surface area contributed by atoms with Crippen LogP contribution in [0, 0.1) is 0 Å². The molecule has 0 aliphatic carbocycles. The smallest absolute Gasteiger partial charge is 0.123 e. The zero-order chi connectivity index (χ0) is 14.5. The number of hydrogen-bond acceptors (Lipinski definition) is 1. The van der Waals surface area contributed by atoms with Crippen LogP contribution in [0.3, 0.4) is 0 Å². The lowest BCUT2D eigenvalue weighted by atomic mass is 9.98. The van der Waals surface area contributed by atoms with Gasteiger partial charge in [0, 0.05) is 5.56 Å². The van der Waals surface area contributed by atoms with Crippen molar-refractivity contribution in [1.82, 2.24) is 0 Å². The number of hydrogen-bond donors (Lipinski definition) is 1. The first-order valence-electron chi connectivity index (χ1n) is 6.95. The number of phenols is 1. The molecule has 0 aliphatic rings. The fraction of sp³-hybridized carbons (Fsp3) is 0. The molecule has 0 radical (unpaired) electrons. The molecular formula is C20H16O. The van der Waals surface area contributed by atoms with Gasteiger partial charge in [-0.2, -0.15) is 0 Å². The molecule has 0 saturated heterocycles. The number of benzene rings is 3. The highest BCUT2D eigenvalue weighted by atomic mass is 16.3. The second-order valence-electron chi connectivity index (χ2n) is 4.85. The highest BCUT2D eigenvalue weighted by Gasteiger charge is 2.06. The van der Waals surface area contributed by atoms with E-state index in [1.54, 1.807) is 6.07 Å². The number of para-hydroxylation sites is 1. The van der Waals surface area contributed by atoms with Gasteiger partial charge in [0.1, 0.15) is 5.75 Å². The largest absolute Gasteiger partial charge is 0.507 e. The number of phenolic OH excluding ortho intramolecular Hbond substituents is 1. The monoisotopic (exact) mass is 272 g/mol. The molecule has 0 unspecified atom stereocenters. The summed E-state index contributed by atoms with van der Waals surface area (Å²) in [5.41, 5.74) is 4.13. The number of rotatable bonds is 3.